The van der Waals surface area contributed by atoms with Crippen LogP contribution in [0.25, 0.3) is 0 Å². The average molecular weight is 356 g/mol. The van der Waals surface area contributed by atoms with Gasteiger partial charge in [-0.2, -0.15) is 0 Å². The quantitative estimate of drug-likeness (QED) is 0.841. The van der Waals surface area contributed by atoms with Crippen molar-refractivity contribution in [2.24, 2.45) is 5.73 Å². The highest BCUT2D eigenvalue weighted by Crippen LogP contribution is 2.26. The van der Waals surface area contributed by atoms with Gasteiger partial charge in [-0.15, -0.1) is 0 Å². The van der Waals surface area contributed by atoms with Crippen molar-refractivity contribution in [3.63, 3.8) is 0 Å². The Morgan fingerprint density at radius 1 is 1.35 bits per heavy atom. The number of benzene rings is 1. The zero-order chi connectivity index (χ0) is 14.7. The molecule has 1 aliphatic heterocycles. The maximum atomic E-state index is 5.86. The first-order valence-electron chi connectivity index (χ1n) is 7.11. The molecule has 20 heavy (non-hydrogen) atoms. The molecule has 1 heterocycles. The monoisotopic (exact) mass is 355 g/mol. The third-order valence-corrected chi connectivity index (χ3v) is 4.81. The molecule has 1 aliphatic rings. The van der Waals surface area contributed by atoms with E-state index < -0.39 is 0 Å². The van der Waals surface area contributed by atoms with E-state index in [2.05, 4.69) is 51.7 Å². The van der Waals surface area contributed by atoms with E-state index in [1.807, 2.05) is 6.07 Å². The van der Waals surface area contributed by atoms with Gasteiger partial charge in [-0.25, -0.2) is 0 Å². The Kier molecular flexibility index (Phi) is 5.41. The first-order valence-corrected chi connectivity index (χ1v) is 8.31. The second kappa shape index (κ2) is 6.87. The molecular weight excluding hydrogens is 334 g/mol. The molecule has 0 aromatic heterocycles. The SMILES string of the molecule is CCC(C)N1CCN(c2ccc(Br)cc2C(N)=S)CC1. The minimum Gasteiger partial charge on any atom is -0.389 e. The predicted molar refractivity (Wildman–Crippen MR) is 93.6 cm³/mol. The van der Waals surface area contributed by atoms with Crippen molar-refractivity contribution < 1.29 is 0 Å². The van der Waals surface area contributed by atoms with Crippen molar-refractivity contribution in [2.45, 2.75) is 26.3 Å². The van der Waals surface area contributed by atoms with Crippen molar-refractivity contribution in [1.29, 1.82) is 0 Å². The lowest BCUT2D eigenvalue weighted by Crippen LogP contribution is -2.49. The highest BCUT2D eigenvalue weighted by molar-refractivity contribution is 9.10. The number of hydrogen-bond donors (Lipinski definition) is 1. The van der Waals surface area contributed by atoms with E-state index in [9.17, 15) is 0 Å². The Balaban J connectivity index is 2.13. The first-order chi connectivity index (χ1) is 9.52. The Morgan fingerprint density at radius 3 is 2.55 bits per heavy atom. The predicted octanol–water partition coefficient (Wildman–Crippen LogP) is 3.00. The lowest BCUT2D eigenvalue weighted by Gasteiger charge is -2.39. The van der Waals surface area contributed by atoms with Gasteiger partial charge in [0.1, 0.15) is 4.99 Å². The third kappa shape index (κ3) is 3.51. The van der Waals surface area contributed by atoms with E-state index in [4.69, 9.17) is 18.0 Å². The number of hydrogen-bond acceptors (Lipinski definition) is 3. The largest absolute Gasteiger partial charge is 0.389 e. The van der Waals surface area contributed by atoms with Crippen LogP contribution >= 0.6 is 28.1 Å². The van der Waals surface area contributed by atoms with Gasteiger partial charge in [-0.3, -0.25) is 4.90 Å². The van der Waals surface area contributed by atoms with Gasteiger partial charge < -0.3 is 10.6 Å². The Labute approximate surface area is 135 Å². The number of piperazine rings is 1. The Bertz CT molecular complexity index is 484. The smallest absolute Gasteiger partial charge is 0.106 e. The van der Waals surface area contributed by atoms with E-state index in [0.29, 0.717) is 11.0 Å². The molecule has 0 aliphatic carbocycles. The molecule has 0 bridgehead atoms. The molecule has 110 valence electrons. The fourth-order valence-electron chi connectivity index (χ4n) is 2.64. The summed E-state index contributed by atoms with van der Waals surface area (Å²) in [5.74, 6) is 0. The van der Waals surface area contributed by atoms with Crippen LogP contribution in [0.1, 0.15) is 25.8 Å². The fraction of sp³-hybridized carbons (Fsp3) is 0.533. The van der Waals surface area contributed by atoms with Crippen molar-refractivity contribution in [2.75, 3.05) is 31.1 Å². The first kappa shape index (κ1) is 15.7. The third-order valence-electron chi connectivity index (χ3n) is 4.09. The zero-order valence-electron chi connectivity index (χ0n) is 12.1. The van der Waals surface area contributed by atoms with E-state index in [0.717, 1.165) is 41.9 Å². The van der Waals surface area contributed by atoms with Crippen LogP contribution in [0.5, 0.6) is 0 Å². The number of thiocarbonyl (C=S) groups is 1. The molecule has 1 aromatic rings. The van der Waals surface area contributed by atoms with E-state index >= 15 is 0 Å². The Morgan fingerprint density at radius 2 is 2.00 bits per heavy atom. The van der Waals surface area contributed by atoms with Crippen LogP contribution in [0.15, 0.2) is 22.7 Å². The molecule has 5 heteroatoms. The molecule has 2 rings (SSSR count). The van der Waals surface area contributed by atoms with Crippen LogP contribution in [0, 0.1) is 0 Å². The highest BCUT2D eigenvalue weighted by atomic mass is 79.9. The molecule has 1 fully saturated rings. The lowest BCUT2D eigenvalue weighted by atomic mass is 10.1. The maximum Gasteiger partial charge on any atom is 0.106 e. The van der Waals surface area contributed by atoms with Crippen LogP contribution in [0.2, 0.25) is 0 Å². The van der Waals surface area contributed by atoms with Gasteiger partial charge in [0.2, 0.25) is 0 Å². The van der Waals surface area contributed by atoms with Crippen LogP contribution in [-0.4, -0.2) is 42.1 Å². The standard InChI is InChI=1S/C15H22BrN3S/c1-3-11(2)18-6-8-19(9-7-18)14-5-4-12(16)10-13(14)15(17)20/h4-5,10-11H,3,6-9H2,1-2H3,(H2,17,20). The van der Waals surface area contributed by atoms with Gasteiger partial charge in [0.25, 0.3) is 0 Å². The summed E-state index contributed by atoms with van der Waals surface area (Å²) in [6, 6.07) is 6.84. The van der Waals surface area contributed by atoms with Crippen molar-refractivity contribution in [3.05, 3.63) is 28.2 Å². The number of rotatable bonds is 4. The zero-order valence-corrected chi connectivity index (χ0v) is 14.5. The summed E-state index contributed by atoms with van der Waals surface area (Å²) in [6.45, 7) is 8.80. The van der Waals surface area contributed by atoms with Crippen LogP contribution < -0.4 is 10.6 Å². The average Bonchev–Trinajstić information content (AvgIpc) is 2.46. The molecule has 1 saturated heterocycles. The molecule has 1 unspecified atom stereocenters. The number of nitrogens with zero attached hydrogens (tertiary/aromatic N) is 2. The fourth-order valence-corrected chi connectivity index (χ4v) is 3.17. The maximum absolute atomic E-state index is 5.86. The summed E-state index contributed by atoms with van der Waals surface area (Å²) >= 11 is 8.67. The van der Waals surface area contributed by atoms with Gasteiger partial charge >= 0.3 is 0 Å². The minimum atomic E-state index is 0.464. The molecular formula is C15H22BrN3S. The summed E-state index contributed by atoms with van der Waals surface area (Å²) < 4.78 is 1.02. The number of anilines is 1. The summed E-state index contributed by atoms with van der Waals surface area (Å²) in [5.41, 5.74) is 7.98. The second-order valence-corrected chi connectivity index (χ2v) is 6.66. The van der Waals surface area contributed by atoms with Gasteiger partial charge in [-0.1, -0.05) is 35.1 Å². The minimum absolute atomic E-state index is 0.464. The highest BCUT2D eigenvalue weighted by Gasteiger charge is 2.22. The molecule has 0 amide bonds. The van der Waals surface area contributed by atoms with Crippen LogP contribution in [0.4, 0.5) is 5.69 Å². The molecule has 1 atom stereocenters. The van der Waals surface area contributed by atoms with Gasteiger partial charge in [0, 0.05) is 47.9 Å². The van der Waals surface area contributed by atoms with Crippen molar-refractivity contribution >= 4 is 38.8 Å². The molecule has 0 spiro atoms. The van der Waals surface area contributed by atoms with E-state index in [1.165, 1.54) is 6.42 Å². The van der Waals surface area contributed by atoms with Crippen molar-refractivity contribution in [3.8, 4) is 0 Å². The van der Waals surface area contributed by atoms with E-state index in [1.54, 1.807) is 0 Å². The van der Waals surface area contributed by atoms with Crippen LogP contribution in [-0.2, 0) is 0 Å². The summed E-state index contributed by atoms with van der Waals surface area (Å²) in [5, 5.41) is 0. The molecule has 1 aromatic carbocycles. The second-order valence-electron chi connectivity index (χ2n) is 5.31. The van der Waals surface area contributed by atoms with Gasteiger partial charge in [0.05, 0.1) is 0 Å². The summed E-state index contributed by atoms with van der Waals surface area (Å²) in [4.78, 5) is 5.40. The molecule has 0 radical (unpaired) electrons. The molecule has 3 nitrogen and oxygen atoms in total. The molecule has 2 N–H and O–H groups in total. The Hall–Kier alpha value is -0.650. The van der Waals surface area contributed by atoms with E-state index in [-0.39, 0.29) is 0 Å². The normalized spacial score (nSPS) is 18.1. The number of halogens is 1. The van der Waals surface area contributed by atoms with Gasteiger partial charge in [0.15, 0.2) is 0 Å². The number of nitrogens with two attached hydrogens (primary N) is 1. The summed E-state index contributed by atoms with van der Waals surface area (Å²) in [7, 11) is 0. The van der Waals surface area contributed by atoms with Crippen molar-refractivity contribution in [1.82, 2.24) is 4.90 Å². The van der Waals surface area contributed by atoms with Gasteiger partial charge in [-0.05, 0) is 31.5 Å². The topological polar surface area (TPSA) is 32.5 Å². The molecule has 0 saturated carbocycles. The lowest BCUT2D eigenvalue weighted by molar-refractivity contribution is 0.193. The van der Waals surface area contributed by atoms with Crippen LogP contribution in [0.3, 0.4) is 0 Å². The summed E-state index contributed by atoms with van der Waals surface area (Å²) in [6.07, 6.45) is 1.20.